The number of hydrogen-bond donors (Lipinski definition) is 1. The van der Waals surface area contributed by atoms with E-state index in [1.807, 2.05) is 19.2 Å². The zero-order valence-corrected chi connectivity index (χ0v) is 9.91. The number of allylic oxidation sites excluding steroid dienone is 3. The largest absolute Gasteiger partial charge is 0.404 e. The Morgan fingerprint density at radius 1 is 1.14 bits per heavy atom. The van der Waals surface area contributed by atoms with Crippen molar-refractivity contribution in [2.75, 3.05) is 0 Å². The normalized spacial score (nSPS) is 14.8. The van der Waals surface area contributed by atoms with Crippen LogP contribution in [-0.4, -0.2) is 6.21 Å². The smallest absolute Gasteiger partial charge is 0.0386 e. The van der Waals surface area contributed by atoms with E-state index >= 15 is 0 Å². The lowest BCUT2D eigenvalue weighted by molar-refractivity contribution is 0.754. The van der Waals surface area contributed by atoms with Crippen LogP contribution in [-0.2, 0) is 0 Å². The van der Waals surface area contributed by atoms with Crippen molar-refractivity contribution in [3.05, 3.63) is 23.5 Å². The maximum Gasteiger partial charge on any atom is 0.0386 e. The molecular formula is C12H22N2. The first kappa shape index (κ1) is 12.9. The standard InChI is InChI=1S/C12H22N2/c1-6-12(10(4)5)14-8-11(7-13)9(2)3/h6-10H,13H2,1-5H3/b11-7+,12-6-,14-8-. The molecule has 0 radical (unpaired) electrons. The van der Waals surface area contributed by atoms with E-state index in [-0.39, 0.29) is 0 Å². The average molecular weight is 194 g/mol. The Kier molecular flexibility index (Phi) is 5.93. The lowest BCUT2D eigenvalue weighted by Gasteiger charge is -2.07. The van der Waals surface area contributed by atoms with Crippen molar-refractivity contribution in [3.8, 4) is 0 Å². The minimum absolute atomic E-state index is 0.425. The highest BCUT2D eigenvalue weighted by molar-refractivity contribution is 5.79. The summed E-state index contributed by atoms with van der Waals surface area (Å²) in [5.41, 5.74) is 7.68. The van der Waals surface area contributed by atoms with Crippen molar-refractivity contribution < 1.29 is 0 Å². The van der Waals surface area contributed by atoms with Crippen LogP contribution in [0.1, 0.15) is 34.6 Å². The van der Waals surface area contributed by atoms with Crippen LogP contribution in [0.25, 0.3) is 0 Å². The van der Waals surface area contributed by atoms with Crippen LogP contribution in [0.2, 0.25) is 0 Å². The third-order valence-corrected chi connectivity index (χ3v) is 2.11. The van der Waals surface area contributed by atoms with Crippen molar-refractivity contribution in [1.29, 1.82) is 0 Å². The van der Waals surface area contributed by atoms with Crippen LogP contribution in [0.4, 0.5) is 0 Å². The van der Waals surface area contributed by atoms with Crippen LogP contribution in [0.5, 0.6) is 0 Å². The van der Waals surface area contributed by atoms with Crippen molar-refractivity contribution in [2.45, 2.75) is 34.6 Å². The molecule has 0 aliphatic rings. The van der Waals surface area contributed by atoms with Gasteiger partial charge in [0.15, 0.2) is 0 Å². The fourth-order valence-corrected chi connectivity index (χ4v) is 1.09. The molecule has 0 aromatic heterocycles. The predicted octanol–water partition coefficient (Wildman–Crippen LogP) is 3.12. The van der Waals surface area contributed by atoms with Crippen molar-refractivity contribution in [1.82, 2.24) is 0 Å². The van der Waals surface area contributed by atoms with Gasteiger partial charge in [0.25, 0.3) is 0 Å². The van der Waals surface area contributed by atoms with Crippen molar-refractivity contribution in [3.63, 3.8) is 0 Å². The summed E-state index contributed by atoms with van der Waals surface area (Å²) >= 11 is 0. The van der Waals surface area contributed by atoms with Gasteiger partial charge in [0, 0.05) is 11.9 Å². The highest BCUT2D eigenvalue weighted by Gasteiger charge is 2.01. The fourth-order valence-electron chi connectivity index (χ4n) is 1.09. The third kappa shape index (κ3) is 4.26. The van der Waals surface area contributed by atoms with E-state index in [1.165, 1.54) is 0 Å². The van der Waals surface area contributed by atoms with Gasteiger partial charge in [-0.1, -0.05) is 33.8 Å². The zero-order chi connectivity index (χ0) is 11.1. The Morgan fingerprint density at radius 2 is 1.71 bits per heavy atom. The van der Waals surface area contributed by atoms with E-state index in [2.05, 4.69) is 32.7 Å². The minimum Gasteiger partial charge on any atom is -0.404 e. The van der Waals surface area contributed by atoms with Gasteiger partial charge in [-0.2, -0.15) is 0 Å². The van der Waals surface area contributed by atoms with Crippen molar-refractivity contribution in [2.24, 2.45) is 22.6 Å². The van der Waals surface area contributed by atoms with Gasteiger partial charge in [0.1, 0.15) is 0 Å². The van der Waals surface area contributed by atoms with E-state index < -0.39 is 0 Å². The topological polar surface area (TPSA) is 38.4 Å². The summed E-state index contributed by atoms with van der Waals surface area (Å²) in [6.45, 7) is 10.5. The van der Waals surface area contributed by atoms with E-state index in [1.54, 1.807) is 6.20 Å². The lowest BCUT2D eigenvalue weighted by Crippen LogP contribution is -2.00. The van der Waals surface area contributed by atoms with Gasteiger partial charge < -0.3 is 5.73 Å². The Labute approximate surface area is 87.6 Å². The first-order valence-corrected chi connectivity index (χ1v) is 5.15. The summed E-state index contributed by atoms with van der Waals surface area (Å²) in [5, 5.41) is 0. The molecule has 2 heteroatoms. The summed E-state index contributed by atoms with van der Waals surface area (Å²) in [6.07, 6.45) is 5.53. The summed E-state index contributed by atoms with van der Waals surface area (Å²) < 4.78 is 0. The number of nitrogens with two attached hydrogens (primary N) is 1. The Balaban J connectivity index is 4.57. The maximum atomic E-state index is 5.50. The molecule has 0 aliphatic carbocycles. The van der Waals surface area contributed by atoms with Gasteiger partial charge in [-0.25, -0.2) is 0 Å². The molecule has 0 fully saturated rings. The minimum atomic E-state index is 0.425. The van der Waals surface area contributed by atoms with Gasteiger partial charge in [0.05, 0.1) is 0 Å². The molecule has 0 rings (SSSR count). The monoisotopic (exact) mass is 194 g/mol. The molecule has 2 nitrogen and oxygen atoms in total. The van der Waals surface area contributed by atoms with Crippen LogP contribution >= 0.6 is 0 Å². The third-order valence-electron chi connectivity index (χ3n) is 2.11. The number of nitrogens with zero attached hydrogens (tertiary/aromatic N) is 1. The lowest BCUT2D eigenvalue weighted by atomic mass is 10.1. The number of rotatable bonds is 4. The molecule has 0 saturated carbocycles. The maximum absolute atomic E-state index is 5.50. The SMILES string of the molecule is C\C=C(/N=C\C(=C/N)C(C)C)C(C)C. The molecule has 0 spiro atoms. The first-order valence-electron chi connectivity index (χ1n) is 5.15. The molecule has 14 heavy (non-hydrogen) atoms. The Bertz CT molecular complexity index is 219. The van der Waals surface area contributed by atoms with Gasteiger partial charge in [-0.05, 0) is 30.5 Å². The molecule has 0 bridgehead atoms. The molecule has 2 N–H and O–H groups in total. The second-order valence-electron chi connectivity index (χ2n) is 3.95. The summed E-state index contributed by atoms with van der Waals surface area (Å²) in [7, 11) is 0. The van der Waals surface area contributed by atoms with Gasteiger partial charge in [-0.15, -0.1) is 0 Å². The predicted molar refractivity (Wildman–Crippen MR) is 64.2 cm³/mol. The average Bonchev–Trinajstić information content (AvgIpc) is 2.11. The molecule has 0 unspecified atom stereocenters. The molecule has 0 saturated heterocycles. The molecule has 0 atom stereocenters. The zero-order valence-electron chi connectivity index (χ0n) is 9.91. The summed E-state index contributed by atoms with van der Waals surface area (Å²) in [5.74, 6) is 0.886. The van der Waals surface area contributed by atoms with E-state index in [9.17, 15) is 0 Å². The van der Waals surface area contributed by atoms with Crippen LogP contribution in [0, 0.1) is 11.8 Å². The molecule has 0 aromatic rings. The van der Waals surface area contributed by atoms with Crippen LogP contribution < -0.4 is 5.73 Å². The van der Waals surface area contributed by atoms with Gasteiger partial charge in [0.2, 0.25) is 0 Å². The van der Waals surface area contributed by atoms with Crippen LogP contribution in [0.15, 0.2) is 28.5 Å². The first-order chi connectivity index (χ1) is 6.52. The van der Waals surface area contributed by atoms with Crippen molar-refractivity contribution >= 4 is 6.21 Å². The van der Waals surface area contributed by atoms with Gasteiger partial charge >= 0.3 is 0 Å². The Morgan fingerprint density at radius 3 is 2.00 bits per heavy atom. The molecule has 0 aliphatic heterocycles. The second kappa shape index (κ2) is 6.41. The van der Waals surface area contributed by atoms with Crippen LogP contribution in [0.3, 0.4) is 0 Å². The summed E-state index contributed by atoms with van der Waals surface area (Å²) in [6, 6.07) is 0. The molecule has 0 amide bonds. The summed E-state index contributed by atoms with van der Waals surface area (Å²) in [4.78, 5) is 4.42. The second-order valence-corrected chi connectivity index (χ2v) is 3.95. The molecule has 0 heterocycles. The fraction of sp³-hybridized carbons (Fsp3) is 0.583. The van der Waals surface area contributed by atoms with E-state index in [0.29, 0.717) is 11.8 Å². The molecule has 80 valence electrons. The molecule has 0 aromatic carbocycles. The van der Waals surface area contributed by atoms with Gasteiger partial charge in [-0.3, -0.25) is 4.99 Å². The Hall–Kier alpha value is -1.05. The van der Waals surface area contributed by atoms with E-state index in [0.717, 1.165) is 11.3 Å². The number of aliphatic imine (C=N–C) groups is 1. The number of hydrogen-bond acceptors (Lipinski definition) is 2. The highest BCUT2D eigenvalue weighted by Crippen LogP contribution is 2.12. The molecular weight excluding hydrogens is 172 g/mol. The highest BCUT2D eigenvalue weighted by atomic mass is 14.7. The van der Waals surface area contributed by atoms with E-state index in [4.69, 9.17) is 5.73 Å². The quantitative estimate of drug-likeness (QED) is 0.686.